The Labute approximate surface area is 91.3 Å². The molecule has 0 unspecified atom stereocenters. The van der Waals surface area contributed by atoms with Crippen LogP contribution >= 0.6 is 24.4 Å². The monoisotopic (exact) mass is 233 g/mol. The van der Waals surface area contributed by atoms with E-state index in [4.69, 9.17) is 15.3 Å². The van der Waals surface area contributed by atoms with Crippen LogP contribution in [0, 0.1) is 0 Å². The van der Waals surface area contributed by atoms with Crippen molar-refractivity contribution >= 4 is 30.4 Å². The summed E-state index contributed by atoms with van der Waals surface area (Å²) in [5.74, 6) is 0.140. The minimum atomic E-state index is -1.35. The first-order valence-electron chi connectivity index (χ1n) is 3.88. The van der Waals surface area contributed by atoms with Crippen molar-refractivity contribution in [1.29, 1.82) is 0 Å². The zero-order chi connectivity index (χ0) is 10.6. The average molecular weight is 233 g/mol. The van der Waals surface area contributed by atoms with Gasteiger partial charge in [0.1, 0.15) is 5.76 Å². The molecule has 0 spiro atoms. The third-order valence-electron chi connectivity index (χ3n) is 1.65. The Morgan fingerprint density at radius 2 is 2.50 bits per heavy atom. The third kappa shape index (κ3) is 2.70. The normalized spacial score (nSPS) is 15.0. The van der Waals surface area contributed by atoms with Crippen LogP contribution in [0.15, 0.2) is 22.8 Å². The van der Waals surface area contributed by atoms with Gasteiger partial charge in [-0.05, 0) is 12.1 Å². The van der Waals surface area contributed by atoms with Crippen LogP contribution in [0.3, 0.4) is 0 Å². The van der Waals surface area contributed by atoms with Gasteiger partial charge >= 0.3 is 5.97 Å². The first kappa shape index (κ1) is 11.5. The van der Waals surface area contributed by atoms with Crippen LogP contribution in [0.25, 0.3) is 0 Å². The molecular weight excluding hydrogens is 222 g/mol. The SMILES string of the molecule is N[C@](CS)(SCc1ccco1)C(=O)O. The van der Waals surface area contributed by atoms with Crippen molar-refractivity contribution in [3.8, 4) is 0 Å². The Balaban J connectivity index is 2.54. The molecule has 3 N–H and O–H groups in total. The first-order chi connectivity index (χ1) is 6.58. The number of aliphatic carboxylic acids is 1. The molecule has 1 aromatic heterocycles. The number of nitrogens with two attached hydrogens (primary N) is 1. The predicted octanol–water partition coefficient (Wildman–Crippen LogP) is 1.18. The number of thiol groups is 1. The molecule has 1 rings (SSSR count). The van der Waals surface area contributed by atoms with E-state index >= 15 is 0 Å². The molecule has 0 saturated heterocycles. The summed E-state index contributed by atoms with van der Waals surface area (Å²) in [7, 11) is 0. The lowest BCUT2D eigenvalue weighted by atomic mass is 10.4. The number of hydrogen-bond donors (Lipinski definition) is 3. The number of carboxylic acid groups (broad SMARTS) is 1. The second-order valence-electron chi connectivity index (χ2n) is 2.72. The molecule has 0 saturated carbocycles. The molecule has 0 aliphatic carbocycles. The molecule has 4 nitrogen and oxygen atoms in total. The molecule has 0 aromatic carbocycles. The number of carbonyl (C=O) groups is 1. The number of furan rings is 1. The Morgan fingerprint density at radius 1 is 1.79 bits per heavy atom. The van der Waals surface area contributed by atoms with Gasteiger partial charge < -0.3 is 15.3 Å². The van der Waals surface area contributed by atoms with Crippen LogP contribution in [-0.4, -0.2) is 21.7 Å². The van der Waals surface area contributed by atoms with E-state index in [0.29, 0.717) is 11.5 Å². The second kappa shape index (κ2) is 4.77. The summed E-state index contributed by atoms with van der Waals surface area (Å²) in [4.78, 5) is 9.44. The van der Waals surface area contributed by atoms with Gasteiger partial charge in [0, 0.05) is 5.75 Å². The molecule has 0 fully saturated rings. The molecule has 0 bridgehead atoms. The molecule has 78 valence electrons. The Bertz CT molecular complexity index is 302. The summed E-state index contributed by atoms with van der Waals surface area (Å²) in [6.07, 6.45) is 1.54. The molecule has 1 aromatic rings. The molecule has 0 aliphatic rings. The molecule has 0 aliphatic heterocycles. The zero-order valence-corrected chi connectivity index (χ0v) is 9.05. The fourth-order valence-electron chi connectivity index (χ4n) is 0.770. The maximum Gasteiger partial charge on any atom is 0.335 e. The van der Waals surface area contributed by atoms with Gasteiger partial charge in [-0.3, -0.25) is 0 Å². The van der Waals surface area contributed by atoms with Gasteiger partial charge in [0.25, 0.3) is 0 Å². The molecule has 0 amide bonds. The van der Waals surface area contributed by atoms with E-state index in [0.717, 1.165) is 11.8 Å². The van der Waals surface area contributed by atoms with E-state index < -0.39 is 10.8 Å². The van der Waals surface area contributed by atoms with Crippen molar-refractivity contribution in [2.75, 3.05) is 5.75 Å². The number of thioether (sulfide) groups is 1. The van der Waals surface area contributed by atoms with E-state index in [9.17, 15) is 4.79 Å². The van der Waals surface area contributed by atoms with Crippen LogP contribution in [0.1, 0.15) is 5.76 Å². The Kier molecular flexibility index (Phi) is 3.91. The van der Waals surface area contributed by atoms with Gasteiger partial charge in [0.05, 0.1) is 12.0 Å². The topological polar surface area (TPSA) is 76.5 Å². The minimum Gasteiger partial charge on any atom is -0.479 e. The highest BCUT2D eigenvalue weighted by molar-refractivity contribution is 8.01. The van der Waals surface area contributed by atoms with Crippen molar-refractivity contribution in [3.63, 3.8) is 0 Å². The molecular formula is C8H11NO3S2. The standard InChI is InChI=1S/C8H11NO3S2/c9-8(5-13,7(10)11)14-4-6-2-1-3-12-6/h1-3,13H,4-5,9H2,(H,10,11)/t8-/m1/s1. The quantitative estimate of drug-likeness (QED) is 0.526. The molecule has 1 heterocycles. The summed E-state index contributed by atoms with van der Waals surface area (Å²) in [6, 6.07) is 3.52. The lowest BCUT2D eigenvalue weighted by Gasteiger charge is -2.20. The van der Waals surface area contributed by atoms with E-state index in [1.807, 2.05) is 0 Å². The van der Waals surface area contributed by atoms with E-state index in [2.05, 4.69) is 12.6 Å². The zero-order valence-electron chi connectivity index (χ0n) is 7.34. The van der Waals surface area contributed by atoms with Crippen molar-refractivity contribution in [1.82, 2.24) is 0 Å². The third-order valence-corrected chi connectivity index (χ3v) is 3.62. The number of rotatable bonds is 5. The lowest BCUT2D eigenvalue weighted by Crippen LogP contribution is -2.46. The second-order valence-corrected chi connectivity index (χ2v) is 4.34. The van der Waals surface area contributed by atoms with Crippen molar-refractivity contribution in [3.05, 3.63) is 24.2 Å². The maximum atomic E-state index is 10.8. The van der Waals surface area contributed by atoms with Crippen LogP contribution in [0.4, 0.5) is 0 Å². The summed E-state index contributed by atoms with van der Waals surface area (Å²) in [5, 5.41) is 8.84. The van der Waals surface area contributed by atoms with E-state index in [1.54, 1.807) is 12.1 Å². The van der Waals surface area contributed by atoms with Crippen molar-refractivity contribution in [2.45, 2.75) is 10.6 Å². The fourth-order valence-corrected chi connectivity index (χ4v) is 1.96. The Morgan fingerprint density at radius 3 is 2.93 bits per heavy atom. The van der Waals surface area contributed by atoms with E-state index in [-0.39, 0.29) is 5.75 Å². The predicted molar refractivity (Wildman–Crippen MR) is 58.4 cm³/mol. The minimum absolute atomic E-state index is 0.0771. The summed E-state index contributed by atoms with van der Waals surface area (Å²) in [5.41, 5.74) is 5.60. The van der Waals surface area contributed by atoms with Crippen LogP contribution in [-0.2, 0) is 10.5 Å². The van der Waals surface area contributed by atoms with Gasteiger partial charge in [0.2, 0.25) is 0 Å². The van der Waals surface area contributed by atoms with Crippen LogP contribution < -0.4 is 5.73 Å². The largest absolute Gasteiger partial charge is 0.479 e. The van der Waals surface area contributed by atoms with Gasteiger partial charge in [-0.15, -0.1) is 11.8 Å². The van der Waals surface area contributed by atoms with Crippen molar-refractivity contribution in [2.24, 2.45) is 5.73 Å². The molecule has 1 atom stereocenters. The Hall–Kier alpha value is -0.590. The smallest absolute Gasteiger partial charge is 0.335 e. The van der Waals surface area contributed by atoms with Gasteiger partial charge in [-0.2, -0.15) is 12.6 Å². The van der Waals surface area contributed by atoms with Gasteiger partial charge in [0.15, 0.2) is 4.87 Å². The van der Waals surface area contributed by atoms with E-state index in [1.165, 1.54) is 6.26 Å². The number of carboxylic acids is 1. The highest BCUT2D eigenvalue weighted by atomic mass is 32.2. The van der Waals surface area contributed by atoms with Gasteiger partial charge in [-0.1, -0.05) is 0 Å². The fraction of sp³-hybridized carbons (Fsp3) is 0.375. The summed E-state index contributed by atoms with van der Waals surface area (Å²) in [6.45, 7) is 0. The lowest BCUT2D eigenvalue weighted by molar-refractivity contribution is -0.139. The average Bonchev–Trinajstić information content (AvgIpc) is 2.66. The highest BCUT2D eigenvalue weighted by Gasteiger charge is 2.33. The van der Waals surface area contributed by atoms with Crippen LogP contribution in [0.5, 0.6) is 0 Å². The van der Waals surface area contributed by atoms with Gasteiger partial charge in [-0.25, -0.2) is 4.79 Å². The summed E-state index contributed by atoms with van der Waals surface area (Å²) >= 11 is 5.01. The number of hydrogen-bond acceptors (Lipinski definition) is 5. The highest BCUT2D eigenvalue weighted by Crippen LogP contribution is 2.25. The summed E-state index contributed by atoms with van der Waals surface area (Å²) < 4.78 is 5.06. The first-order valence-corrected chi connectivity index (χ1v) is 5.50. The van der Waals surface area contributed by atoms with Crippen LogP contribution in [0.2, 0.25) is 0 Å². The molecule has 6 heteroatoms. The van der Waals surface area contributed by atoms with Crippen molar-refractivity contribution < 1.29 is 14.3 Å². The molecule has 14 heavy (non-hydrogen) atoms. The molecule has 0 radical (unpaired) electrons. The maximum absolute atomic E-state index is 10.8.